The number of nitriles is 1. The zero-order valence-corrected chi connectivity index (χ0v) is 8.78. The number of carbonyl (C=O) groups excluding carboxylic acids is 1. The van der Waals surface area contributed by atoms with Crippen molar-refractivity contribution in [1.82, 2.24) is 4.98 Å². The minimum Gasteiger partial charge on any atom is -0.466 e. The molecule has 0 amide bonds. The normalized spacial score (nSPS) is 9.40. The van der Waals surface area contributed by atoms with Crippen LogP contribution in [0.15, 0.2) is 12.4 Å². The Labute approximate surface area is 88.5 Å². The van der Waals surface area contributed by atoms with Gasteiger partial charge in [-0.05, 0) is 25.0 Å². The number of aromatic nitrogens is 1. The van der Waals surface area contributed by atoms with E-state index in [1.54, 1.807) is 20.0 Å². The first-order chi connectivity index (χ1) is 7.19. The van der Waals surface area contributed by atoms with Gasteiger partial charge in [-0.15, -0.1) is 0 Å². The Hall–Kier alpha value is -1.89. The average Bonchev–Trinajstić information content (AvgIpc) is 2.18. The number of nitrogens with zero attached hydrogens (tertiary/aromatic N) is 2. The van der Waals surface area contributed by atoms with E-state index < -0.39 is 0 Å². The summed E-state index contributed by atoms with van der Waals surface area (Å²) in [5.74, 6) is -0.332. The van der Waals surface area contributed by atoms with Gasteiger partial charge >= 0.3 is 5.97 Å². The fraction of sp³-hybridized carbons (Fsp3) is 0.364. The molecule has 0 atom stereocenters. The molecule has 0 fully saturated rings. The second-order valence-electron chi connectivity index (χ2n) is 3.08. The molecule has 0 aromatic carbocycles. The van der Waals surface area contributed by atoms with Crippen LogP contribution >= 0.6 is 0 Å². The molecule has 0 saturated carbocycles. The molecule has 4 nitrogen and oxygen atoms in total. The van der Waals surface area contributed by atoms with Crippen LogP contribution in [0.5, 0.6) is 0 Å². The molecule has 0 bridgehead atoms. The summed E-state index contributed by atoms with van der Waals surface area (Å²) >= 11 is 0. The molecule has 1 aromatic rings. The Kier molecular flexibility index (Phi) is 3.81. The molecule has 78 valence electrons. The predicted molar refractivity (Wildman–Crippen MR) is 54.0 cm³/mol. The molecule has 0 unspecified atom stereocenters. The lowest BCUT2D eigenvalue weighted by atomic mass is 10.0. The summed E-state index contributed by atoms with van der Waals surface area (Å²) in [5, 5.41) is 8.91. The Morgan fingerprint density at radius 3 is 2.93 bits per heavy atom. The summed E-state index contributed by atoms with van der Waals surface area (Å²) in [4.78, 5) is 15.2. The van der Waals surface area contributed by atoms with Crippen LogP contribution in [-0.2, 0) is 16.0 Å². The van der Waals surface area contributed by atoms with Crippen LogP contribution in [0, 0.1) is 18.3 Å². The molecule has 0 spiro atoms. The lowest BCUT2D eigenvalue weighted by molar-refractivity contribution is -0.142. The second kappa shape index (κ2) is 5.11. The third-order valence-electron chi connectivity index (χ3n) is 1.97. The van der Waals surface area contributed by atoms with E-state index in [0.29, 0.717) is 17.7 Å². The quantitative estimate of drug-likeness (QED) is 0.697. The number of pyridine rings is 1. The highest BCUT2D eigenvalue weighted by molar-refractivity contribution is 5.73. The van der Waals surface area contributed by atoms with Gasteiger partial charge in [0.1, 0.15) is 0 Å². The monoisotopic (exact) mass is 204 g/mol. The van der Waals surface area contributed by atoms with Gasteiger partial charge in [0.25, 0.3) is 0 Å². The number of ether oxygens (including phenoxy) is 1. The first kappa shape index (κ1) is 11.2. The smallest absolute Gasteiger partial charge is 0.310 e. The minimum absolute atomic E-state index is 0.103. The Morgan fingerprint density at radius 1 is 1.60 bits per heavy atom. The first-order valence-electron chi connectivity index (χ1n) is 4.68. The van der Waals surface area contributed by atoms with Crippen LogP contribution in [-0.4, -0.2) is 17.6 Å². The van der Waals surface area contributed by atoms with Crippen LogP contribution < -0.4 is 0 Å². The van der Waals surface area contributed by atoms with Gasteiger partial charge in [0.2, 0.25) is 0 Å². The fourth-order valence-corrected chi connectivity index (χ4v) is 1.28. The Bertz CT molecular complexity index is 408. The first-order valence-corrected chi connectivity index (χ1v) is 4.68. The third kappa shape index (κ3) is 2.78. The molecular weight excluding hydrogens is 192 g/mol. The summed E-state index contributed by atoms with van der Waals surface area (Å²) in [6.45, 7) is 3.89. The zero-order valence-electron chi connectivity index (χ0n) is 8.78. The zero-order chi connectivity index (χ0) is 11.3. The topological polar surface area (TPSA) is 63.0 Å². The molecule has 0 saturated heterocycles. The summed E-state index contributed by atoms with van der Waals surface area (Å²) in [6, 6.07) is 2.06. The van der Waals surface area contributed by atoms with E-state index in [1.165, 1.54) is 6.20 Å². The SMILES string of the molecule is CCOC(=O)Cc1cncc(C)c1C#N. The maximum atomic E-state index is 11.2. The lowest BCUT2D eigenvalue weighted by Gasteiger charge is -2.05. The number of esters is 1. The van der Waals surface area contributed by atoms with Gasteiger partial charge in [0.15, 0.2) is 0 Å². The van der Waals surface area contributed by atoms with Crippen molar-refractivity contribution >= 4 is 5.97 Å². The summed E-state index contributed by atoms with van der Waals surface area (Å²) < 4.78 is 4.81. The van der Waals surface area contributed by atoms with Crippen molar-refractivity contribution in [2.45, 2.75) is 20.3 Å². The van der Waals surface area contributed by atoms with E-state index in [2.05, 4.69) is 11.1 Å². The van der Waals surface area contributed by atoms with Gasteiger partial charge in [-0.3, -0.25) is 9.78 Å². The predicted octanol–water partition coefficient (Wildman–Crippen LogP) is 1.37. The summed E-state index contributed by atoms with van der Waals surface area (Å²) in [6.07, 6.45) is 3.24. The second-order valence-corrected chi connectivity index (χ2v) is 3.08. The van der Waals surface area contributed by atoms with Gasteiger partial charge in [-0.1, -0.05) is 0 Å². The molecule has 0 aliphatic rings. The van der Waals surface area contributed by atoms with Gasteiger partial charge in [-0.2, -0.15) is 5.26 Å². The molecule has 0 aliphatic carbocycles. The van der Waals surface area contributed by atoms with Gasteiger partial charge in [-0.25, -0.2) is 0 Å². The molecule has 15 heavy (non-hydrogen) atoms. The fourth-order valence-electron chi connectivity index (χ4n) is 1.28. The maximum absolute atomic E-state index is 11.2. The molecule has 0 radical (unpaired) electrons. The van der Waals surface area contributed by atoms with Gasteiger partial charge in [0, 0.05) is 12.4 Å². The molecule has 1 aromatic heterocycles. The standard InChI is InChI=1S/C11H12N2O2/c1-3-15-11(14)4-9-7-13-6-8(2)10(9)5-12/h6-7H,3-4H2,1-2H3. The molecule has 4 heteroatoms. The highest BCUT2D eigenvalue weighted by Gasteiger charge is 2.10. The summed E-state index contributed by atoms with van der Waals surface area (Å²) in [5.41, 5.74) is 1.91. The number of rotatable bonds is 3. The van der Waals surface area contributed by atoms with Crippen molar-refractivity contribution in [3.63, 3.8) is 0 Å². The van der Waals surface area contributed by atoms with E-state index in [9.17, 15) is 4.79 Å². The maximum Gasteiger partial charge on any atom is 0.310 e. The Balaban J connectivity index is 2.91. The van der Waals surface area contributed by atoms with E-state index in [1.807, 2.05) is 0 Å². The molecule has 1 rings (SSSR count). The highest BCUT2D eigenvalue weighted by Crippen LogP contribution is 2.12. The van der Waals surface area contributed by atoms with Gasteiger partial charge in [0.05, 0.1) is 24.7 Å². The number of hydrogen-bond acceptors (Lipinski definition) is 4. The number of aryl methyl sites for hydroxylation is 1. The van der Waals surface area contributed by atoms with Crippen LogP contribution in [0.25, 0.3) is 0 Å². The van der Waals surface area contributed by atoms with Crippen molar-refractivity contribution in [2.75, 3.05) is 6.61 Å². The van der Waals surface area contributed by atoms with Crippen molar-refractivity contribution in [3.8, 4) is 6.07 Å². The average molecular weight is 204 g/mol. The van der Waals surface area contributed by atoms with E-state index in [0.717, 1.165) is 5.56 Å². The van der Waals surface area contributed by atoms with Crippen LogP contribution in [0.3, 0.4) is 0 Å². The van der Waals surface area contributed by atoms with Crippen LogP contribution in [0.4, 0.5) is 0 Å². The van der Waals surface area contributed by atoms with E-state index in [4.69, 9.17) is 10.00 Å². The number of hydrogen-bond donors (Lipinski definition) is 0. The van der Waals surface area contributed by atoms with E-state index >= 15 is 0 Å². The molecule has 1 heterocycles. The third-order valence-corrected chi connectivity index (χ3v) is 1.97. The highest BCUT2D eigenvalue weighted by atomic mass is 16.5. The minimum atomic E-state index is -0.332. The summed E-state index contributed by atoms with van der Waals surface area (Å²) in [7, 11) is 0. The molecule has 0 N–H and O–H groups in total. The molecular formula is C11H12N2O2. The number of carbonyl (C=O) groups is 1. The largest absolute Gasteiger partial charge is 0.466 e. The van der Waals surface area contributed by atoms with Gasteiger partial charge < -0.3 is 4.74 Å². The van der Waals surface area contributed by atoms with Crippen molar-refractivity contribution in [3.05, 3.63) is 29.1 Å². The van der Waals surface area contributed by atoms with Crippen LogP contribution in [0.1, 0.15) is 23.6 Å². The lowest BCUT2D eigenvalue weighted by Crippen LogP contribution is -2.09. The molecule has 0 aliphatic heterocycles. The van der Waals surface area contributed by atoms with Crippen molar-refractivity contribution in [2.24, 2.45) is 0 Å². The van der Waals surface area contributed by atoms with Crippen LogP contribution in [0.2, 0.25) is 0 Å². The van der Waals surface area contributed by atoms with Crippen molar-refractivity contribution < 1.29 is 9.53 Å². The Morgan fingerprint density at radius 2 is 2.33 bits per heavy atom. The van der Waals surface area contributed by atoms with E-state index in [-0.39, 0.29) is 12.4 Å². The van der Waals surface area contributed by atoms with Crippen molar-refractivity contribution in [1.29, 1.82) is 5.26 Å².